The van der Waals surface area contributed by atoms with E-state index in [2.05, 4.69) is 26.1 Å². The number of thioether (sulfide) groups is 1. The molecule has 28 heavy (non-hydrogen) atoms. The summed E-state index contributed by atoms with van der Waals surface area (Å²) in [6, 6.07) is 11.9. The van der Waals surface area contributed by atoms with Crippen LogP contribution in [0, 0.1) is 10.1 Å². The van der Waals surface area contributed by atoms with Crippen LogP contribution in [-0.4, -0.2) is 15.2 Å². The highest BCUT2D eigenvalue weighted by Crippen LogP contribution is 2.34. The molecule has 1 heterocycles. The number of nitrogens with one attached hydrogen (secondary N) is 1. The van der Waals surface area contributed by atoms with E-state index < -0.39 is 4.92 Å². The van der Waals surface area contributed by atoms with Gasteiger partial charge in [0.2, 0.25) is 0 Å². The zero-order valence-corrected chi connectivity index (χ0v) is 17.1. The first-order valence-corrected chi connectivity index (χ1v) is 9.67. The number of thiocarbonyl (C=S) groups is 1. The molecule has 0 aliphatic carbocycles. The van der Waals surface area contributed by atoms with Crippen molar-refractivity contribution in [3.05, 3.63) is 68.6 Å². The number of ether oxygens (including phenoxy) is 1. The predicted octanol–water partition coefficient (Wildman–Crippen LogP) is 5.17. The fourth-order valence-corrected chi connectivity index (χ4v) is 3.60. The Kier molecular flexibility index (Phi) is 5.53. The van der Waals surface area contributed by atoms with Crippen molar-refractivity contribution in [1.82, 2.24) is 5.32 Å². The van der Waals surface area contributed by atoms with Crippen LogP contribution in [0.15, 0.2) is 47.4 Å². The van der Waals surface area contributed by atoms with E-state index >= 15 is 0 Å². The molecule has 0 saturated carbocycles. The van der Waals surface area contributed by atoms with Crippen LogP contribution < -0.4 is 10.1 Å². The van der Waals surface area contributed by atoms with Gasteiger partial charge in [0.25, 0.3) is 11.6 Å². The number of hydrogen-bond donors (Lipinski definition) is 1. The van der Waals surface area contributed by atoms with E-state index in [1.165, 1.54) is 23.8 Å². The molecule has 2 aromatic rings. The van der Waals surface area contributed by atoms with E-state index in [-0.39, 0.29) is 17.0 Å². The number of hydrogen-bond acceptors (Lipinski definition) is 6. The van der Waals surface area contributed by atoms with Crippen molar-refractivity contribution in [3.63, 3.8) is 0 Å². The third-order valence-corrected chi connectivity index (χ3v) is 5.24. The van der Waals surface area contributed by atoms with Crippen LogP contribution in [-0.2, 0) is 10.2 Å². The molecule has 1 aliphatic rings. The largest absolute Gasteiger partial charge is 0.457 e. The first-order chi connectivity index (χ1) is 13.1. The summed E-state index contributed by atoms with van der Waals surface area (Å²) in [5.74, 6) is 0.676. The lowest BCUT2D eigenvalue weighted by Crippen LogP contribution is -2.17. The van der Waals surface area contributed by atoms with Gasteiger partial charge in [0, 0.05) is 17.7 Å². The molecular weight excluding hydrogens is 396 g/mol. The normalized spacial score (nSPS) is 15.6. The van der Waals surface area contributed by atoms with Gasteiger partial charge in [-0.25, -0.2) is 0 Å². The van der Waals surface area contributed by atoms with E-state index in [4.69, 9.17) is 17.0 Å². The van der Waals surface area contributed by atoms with Gasteiger partial charge in [-0.3, -0.25) is 14.9 Å². The third-order valence-electron chi connectivity index (χ3n) is 4.08. The molecule has 6 nitrogen and oxygen atoms in total. The van der Waals surface area contributed by atoms with E-state index in [1.54, 1.807) is 6.08 Å². The zero-order chi connectivity index (χ0) is 20.5. The van der Waals surface area contributed by atoms with Gasteiger partial charge in [-0.15, -0.1) is 0 Å². The Bertz CT molecular complexity index is 992. The topological polar surface area (TPSA) is 81.5 Å². The van der Waals surface area contributed by atoms with Crippen LogP contribution >= 0.6 is 24.0 Å². The molecule has 8 heteroatoms. The Morgan fingerprint density at radius 3 is 2.39 bits per heavy atom. The Hall–Kier alpha value is -2.71. The molecule has 1 amide bonds. The molecule has 0 atom stereocenters. The summed E-state index contributed by atoms with van der Waals surface area (Å²) < 4.78 is 6.29. The van der Waals surface area contributed by atoms with Gasteiger partial charge in [0.05, 0.1) is 9.83 Å². The minimum atomic E-state index is -0.490. The monoisotopic (exact) mass is 414 g/mol. The number of nitro groups is 1. The summed E-state index contributed by atoms with van der Waals surface area (Å²) in [6.45, 7) is 6.37. The van der Waals surface area contributed by atoms with Crippen molar-refractivity contribution in [3.8, 4) is 11.5 Å². The summed E-state index contributed by atoms with van der Waals surface area (Å²) in [5, 5.41) is 13.7. The molecule has 144 valence electrons. The summed E-state index contributed by atoms with van der Waals surface area (Å²) >= 11 is 6.10. The minimum Gasteiger partial charge on any atom is -0.457 e. The molecule has 0 spiro atoms. The molecule has 0 bridgehead atoms. The molecule has 0 radical (unpaired) electrons. The van der Waals surface area contributed by atoms with E-state index in [9.17, 15) is 14.9 Å². The number of benzene rings is 2. The average molecular weight is 415 g/mol. The zero-order valence-electron chi connectivity index (χ0n) is 15.5. The lowest BCUT2D eigenvalue weighted by atomic mass is 9.87. The van der Waals surface area contributed by atoms with Gasteiger partial charge < -0.3 is 10.1 Å². The molecule has 1 N–H and O–H groups in total. The Morgan fingerprint density at radius 2 is 1.86 bits per heavy atom. The van der Waals surface area contributed by atoms with Crippen molar-refractivity contribution in [2.24, 2.45) is 0 Å². The maximum absolute atomic E-state index is 11.9. The standard InChI is InChI=1S/C20H18N2O4S2/c1-20(2,3)13-4-7-15(8-5-13)26-16-9-6-14(22(24)25)10-12(16)11-17-18(23)21-19(27)28-17/h4-11H,1-3H3,(H,21,23,27). The number of non-ortho nitro benzene ring substituents is 1. The minimum absolute atomic E-state index is 0.0208. The molecular formula is C20H18N2O4S2. The number of carbonyl (C=O) groups excluding carboxylic acids is 1. The lowest BCUT2D eigenvalue weighted by Gasteiger charge is -2.19. The van der Waals surface area contributed by atoms with E-state index in [1.807, 2.05) is 24.3 Å². The number of nitro benzene ring substituents is 1. The summed E-state index contributed by atoms with van der Waals surface area (Å²) in [7, 11) is 0. The van der Waals surface area contributed by atoms with Crippen molar-refractivity contribution in [1.29, 1.82) is 0 Å². The van der Waals surface area contributed by atoms with Crippen LogP contribution in [0.4, 0.5) is 5.69 Å². The first kappa shape index (κ1) is 20.0. The highest BCUT2D eigenvalue weighted by atomic mass is 32.2. The molecule has 3 rings (SSSR count). The Labute approximate surface area is 172 Å². The molecule has 0 aromatic heterocycles. The quantitative estimate of drug-likeness (QED) is 0.322. The average Bonchev–Trinajstić information content (AvgIpc) is 2.93. The summed E-state index contributed by atoms with van der Waals surface area (Å²) in [5.41, 5.74) is 1.52. The number of carbonyl (C=O) groups is 1. The number of nitrogens with zero attached hydrogens (tertiary/aromatic N) is 1. The van der Waals surface area contributed by atoms with Crippen LogP contribution in [0.3, 0.4) is 0 Å². The summed E-state index contributed by atoms with van der Waals surface area (Å²) in [4.78, 5) is 23.0. The molecule has 2 aromatic carbocycles. The van der Waals surface area contributed by atoms with Crippen molar-refractivity contribution >= 4 is 46.0 Å². The second-order valence-electron chi connectivity index (χ2n) is 7.21. The van der Waals surface area contributed by atoms with Gasteiger partial charge in [-0.05, 0) is 35.3 Å². The number of rotatable bonds is 4. The Morgan fingerprint density at radius 1 is 1.18 bits per heavy atom. The lowest BCUT2D eigenvalue weighted by molar-refractivity contribution is -0.384. The van der Waals surface area contributed by atoms with E-state index in [0.717, 1.165) is 11.8 Å². The maximum atomic E-state index is 11.9. The second-order valence-corrected chi connectivity index (χ2v) is 8.93. The van der Waals surface area contributed by atoms with Crippen LogP contribution in [0.1, 0.15) is 31.9 Å². The maximum Gasteiger partial charge on any atom is 0.270 e. The van der Waals surface area contributed by atoms with Crippen LogP contribution in [0.5, 0.6) is 11.5 Å². The van der Waals surface area contributed by atoms with Crippen molar-refractivity contribution in [2.45, 2.75) is 26.2 Å². The van der Waals surface area contributed by atoms with Crippen LogP contribution in [0.25, 0.3) is 6.08 Å². The third kappa shape index (κ3) is 4.58. The predicted molar refractivity (Wildman–Crippen MR) is 115 cm³/mol. The smallest absolute Gasteiger partial charge is 0.270 e. The molecule has 1 saturated heterocycles. The highest BCUT2D eigenvalue weighted by Gasteiger charge is 2.23. The molecule has 1 fully saturated rings. The highest BCUT2D eigenvalue weighted by molar-refractivity contribution is 8.26. The molecule has 0 unspecified atom stereocenters. The first-order valence-electron chi connectivity index (χ1n) is 8.45. The summed E-state index contributed by atoms with van der Waals surface area (Å²) in [6.07, 6.45) is 1.55. The van der Waals surface area contributed by atoms with Gasteiger partial charge in [0.1, 0.15) is 15.8 Å². The van der Waals surface area contributed by atoms with Gasteiger partial charge in [0.15, 0.2) is 0 Å². The Balaban J connectivity index is 1.96. The molecule has 1 aliphatic heterocycles. The van der Waals surface area contributed by atoms with Crippen LogP contribution in [0.2, 0.25) is 0 Å². The number of amides is 1. The SMILES string of the molecule is CC(C)(C)c1ccc(Oc2ccc([N+](=O)[O-])cc2C=C2SC(=S)NC2=O)cc1. The van der Waals surface area contributed by atoms with Crippen molar-refractivity contribution < 1.29 is 14.5 Å². The fourth-order valence-electron chi connectivity index (χ4n) is 2.57. The van der Waals surface area contributed by atoms with Crippen molar-refractivity contribution in [2.75, 3.05) is 0 Å². The van der Waals surface area contributed by atoms with Gasteiger partial charge in [-0.1, -0.05) is 56.9 Å². The second kappa shape index (κ2) is 7.73. The van der Waals surface area contributed by atoms with Gasteiger partial charge in [-0.2, -0.15) is 0 Å². The van der Waals surface area contributed by atoms with E-state index in [0.29, 0.717) is 26.3 Å². The van der Waals surface area contributed by atoms with Gasteiger partial charge >= 0.3 is 0 Å². The fraction of sp³-hybridized carbons (Fsp3) is 0.200.